The minimum Gasteiger partial charge on any atom is -0.481 e. The zero-order valence-electron chi connectivity index (χ0n) is 9.83. The van der Waals surface area contributed by atoms with Gasteiger partial charge >= 0.3 is 5.97 Å². The smallest absolute Gasteiger partial charge is 0.308 e. The fourth-order valence-electron chi connectivity index (χ4n) is 1.91. The molecule has 2 heterocycles. The molecular formula is C11H13N3O4. The molecule has 1 amide bonds. The molecule has 0 bridgehead atoms. The number of aromatic nitrogens is 2. The standard InChI is InChI=1S/C11H13N3O4/c1-6-12-3-8(5-15)10(13-6)14-4-7(11(17)18)2-9(14)16/h3,7,15H,2,4-5H2,1H3,(H,17,18). The lowest BCUT2D eigenvalue weighted by Gasteiger charge is -2.17. The van der Waals surface area contributed by atoms with Crippen molar-refractivity contribution in [2.45, 2.75) is 20.0 Å². The highest BCUT2D eigenvalue weighted by Gasteiger charge is 2.36. The molecule has 1 aliphatic heterocycles. The van der Waals surface area contributed by atoms with Crippen LogP contribution in [0.2, 0.25) is 0 Å². The highest BCUT2D eigenvalue weighted by molar-refractivity contribution is 5.98. The first-order valence-corrected chi connectivity index (χ1v) is 5.49. The highest BCUT2D eigenvalue weighted by Crippen LogP contribution is 2.26. The summed E-state index contributed by atoms with van der Waals surface area (Å²) in [5, 5.41) is 18.1. The molecule has 1 fully saturated rings. The van der Waals surface area contributed by atoms with E-state index in [1.54, 1.807) is 6.92 Å². The van der Waals surface area contributed by atoms with Crippen molar-refractivity contribution in [2.75, 3.05) is 11.4 Å². The van der Waals surface area contributed by atoms with Crippen LogP contribution in [-0.2, 0) is 16.2 Å². The SMILES string of the molecule is Cc1ncc(CO)c(N2CC(C(=O)O)CC2=O)n1. The van der Waals surface area contributed by atoms with Crippen LogP contribution in [0.15, 0.2) is 6.20 Å². The third-order valence-electron chi connectivity index (χ3n) is 2.86. The van der Waals surface area contributed by atoms with E-state index in [2.05, 4.69) is 9.97 Å². The summed E-state index contributed by atoms with van der Waals surface area (Å²) in [5.41, 5.74) is 0.417. The van der Waals surface area contributed by atoms with Gasteiger partial charge in [0.15, 0.2) is 0 Å². The topological polar surface area (TPSA) is 104 Å². The van der Waals surface area contributed by atoms with E-state index in [1.807, 2.05) is 0 Å². The van der Waals surface area contributed by atoms with Crippen molar-refractivity contribution in [2.24, 2.45) is 5.92 Å². The van der Waals surface area contributed by atoms with Gasteiger partial charge in [0, 0.05) is 24.7 Å². The molecule has 18 heavy (non-hydrogen) atoms. The van der Waals surface area contributed by atoms with E-state index >= 15 is 0 Å². The lowest BCUT2D eigenvalue weighted by Crippen LogP contribution is -2.28. The highest BCUT2D eigenvalue weighted by atomic mass is 16.4. The second-order valence-electron chi connectivity index (χ2n) is 4.17. The Morgan fingerprint density at radius 3 is 2.89 bits per heavy atom. The Labute approximate surface area is 103 Å². The number of aliphatic carboxylic acids is 1. The van der Waals surface area contributed by atoms with E-state index in [9.17, 15) is 14.7 Å². The third kappa shape index (κ3) is 2.17. The molecule has 0 radical (unpaired) electrons. The molecule has 1 aromatic rings. The maximum atomic E-state index is 11.8. The lowest BCUT2D eigenvalue weighted by atomic mass is 10.1. The minimum absolute atomic E-state index is 0.0384. The number of carboxylic acids is 1. The van der Waals surface area contributed by atoms with Crippen LogP contribution in [0.3, 0.4) is 0 Å². The monoisotopic (exact) mass is 251 g/mol. The molecular weight excluding hydrogens is 238 g/mol. The van der Waals surface area contributed by atoms with Gasteiger partial charge in [0.1, 0.15) is 11.6 Å². The summed E-state index contributed by atoms with van der Waals surface area (Å²) in [5.74, 6) is -1.25. The largest absolute Gasteiger partial charge is 0.481 e. The minimum atomic E-state index is -0.998. The number of hydrogen-bond acceptors (Lipinski definition) is 5. The van der Waals surface area contributed by atoms with Gasteiger partial charge in [-0.3, -0.25) is 14.5 Å². The molecule has 0 saturated carbocycles. The summed E-state index contributed by atoms with van der Waals surface area (Å²) in [6.45, 7) is 1.45. The average Bonchev–Trinajstić information content (AvgIpc) is 2.71. The summed E-state index contributed by atoms with van der Waals surface area (Å²) < 4.78 is 0. The summed E-state index contributed by atoms with van der Waals surface area (Å²) in [6.07, 6.45) is 1.41. The Kier molecular flexibility index (Phi) is 3.24. The molecule has 7 nitrogen and oxygen atoms in total. The molecule has 2 N–H and O–H groups in total. The molecule has 96 valence electrons. The molecule has 1 saturated heterocycles. The zero-order chi connectivity index (χ0) is 13.3. The van der Waals surface area contributed by atoms with Crippen LogP contribution >= 0.6 is 0 Å². The van der Waals surface area contributed by atoms with Crippen LogP contribution in [0, 0.1) is 12.8 Å². The van der Waals surface area contributed by atoms with Crippen molar-refractivity contribution in [1.29, 1.82) is 0 Å². The van der Waals surface area contributed by atoms with E-state index in [0.717, 1.165) is 0 Å². The van der Waals surface area contributed by atoms with Gasteiger partial charge in [-0.2, -0.15) is 0 Å². The van der Waals surface area contributed by atoms with E-state index < -0.39 is 11.9 Å². The molecule has 0 spiro atoms. The van der Waals surface area contributed by atoms with Gasteiger partial charge in [0.2, 0.25) is 5.91 Å². The fraction of sp³-hybridized carbons (Fsp3) is 0.455. The molecule has 0 aliphatic carbocycles. The van der Waals surface area contributed by atoms with Crippen LogP contribution in [-0.4, -0.2) is 38.6 Å². The number of carbonyl (C=O) groups excluding carboxylic acids is 1. The van der Waals surface area contributed by atoms with Gasteiger partial charge in [-0.1, -0.05) is 0 Å². The first-order chi connectivity index (χ1) is 8.52. The Balaban J connectivity index is 2.34. The number of rotatable bonds is 3. The molecule has 1 unspecified atom stereocenters. The summed E-state index contributed by atoms with van der Waals surface area (Å²) in [4.78, 5) is 32.0. The van der Waals surface area contributed by atoms with Gasteiger partial charge < -0.3 is 10.2 Å². The van der Waals surface area contributed by atoms with Gasteiger partial charge in [0.25, 0.3) is 0 Å². The molecule has 1 aliphatic rings. The molecule has 1 atom stereocenters. The molecule has 7 heteroatoms. The van der Waals surface area contributed by atoms with Crippen molar-refractivity contribution in [1.82, 2.24) is 9.97 Å². The normalized spacial score (nSPS) is 19.3. The third-order valence-corrected chi connectivity index (χ3v) is 2.86. The zero-order valence-corrected chi connectivity index (χ0v) is 9.83. The van der Waals surface area contributed by atoms with Crippen LogP contribution in [0.5, 0.6) is 0 Å². The van der Waals surface area contributed by atoms with Crippen molar-refractivity contribution < 1.29 is 19.8 Å². The van der Waals surface area contributed by atoms with E-state index in [4.69, 9.17) is 5.11 Å². The Bertz CT molecular complexity index is 503. The van der Waals surface area contributed by atoms with Crippen molar-refractivity contribution in [3.05, 3.63) is 17.6 Å². The predicted octanol–water partition coefficient (Wildman–Crippen LogP) is -0.285. The lowest BCUT2D eigenvalue weighted by molar-refractivity contribution is -0.141. The Morgan fingerprint density at radius 2 is 2.33 bits per heavy atom. The van der Waals surface area contributed by atoms with Gasteiger partial charge in [-0.05, 0) is 6.92 Å². The summed E-state index contributed by atoms with van der Waals surface area (Å²) in [6, 6.07) is 0. The van der Waals surface area contributed by atoms with Gasteiger partial charge in [0.05, 0.1) is 12.5 Å². The number of aliphatic hydroxyl groups is 1. The van der Waals surface area contributed by atoms with Crippen molar-refractivity contribution >= 4 is 17.7 Å². The maximum absolute atomic E-state index is 11.8. The number of aliphatic hydroxyl groups excluding tert-OH is 1. The second kappa shape index (κ2) is 4.69. The van der Waals surface area contributed by atoms with Gasteiger partial charge in [-0.25, -0.2) is 9.97 Å². The Hall–Kier alpha value is -2.02. The van der Waals surface area contributed by atoms with Crippen molar-refractivity contribution in [3.8, 4) is 0 Å². The summed E-state index contributed by atoms with van der Waals surface area (Å²) >= 11 is 0. The number of amides is 1. The van der Waals surface area contributed by atoms with Crippen molar-refractivity contribution in [3.63, 3.8) is 0 Å². The Morgan fingerprint density at radius 1 is 1.61 bits per heavy atom. The number of hydrogen-bond donors (Lipinski definition) is 2. The number of nitrogens with zero attached hydrogens (tertiary/aromatic N) is 3. The number of anilines is 1. The molecule has 1 aromatic heterocycles. The fourth-order valence-corrected chi connectivity index (χ4v) is 1.91. The van der Waals surface area contributed by atoms with E-state index in [0.29, 0.717) is 17.2 Å². The summed E-state index contributed by atoms with van der Waals surface area (Å²) in [7, 11) is 0. The van der Waals surface area contributed by atoms with Crippen LogP contribution < -0.4 is 4.90 Å². The molecule has 2 rings (SSSR count). The number of carboxylic acid groups (broad SMARTS) is 1. The maximum Gasteiger partial charge on any atom is 0.308 e. The van der Waals surface area contributed by atoms with Crippen LogP contribution in [0.25, 0.3) is 0 Å². The van der Waals surface area contributed by atoms with Crippen LogP contribution in [0.4, 0.5) is 5.82 Å². The number of carbonyl (C=O) groups is 2. The second-order valence-corrected chi connectivity index (χ2v) is 4.17. The quantitative estimate of drug-likeness (QED) is 0.765. The van der Waals surface area contributed by atoms with E-state index in [1.165, 1.54) is 11.1 Å². The first kappa shape index (κ1) is 12.4. The first-order valence-electron chi connectivity index (χ1n) is 5.49. The van der Waals surface area contributed by atoms with E-state index in [-0.39, 0.29) is 25.5 Å². The number of aryl methyl sites for hydroxylation is 1. The molecule has 0 aromatic carbocycles. The average molecular weight is 251 g/mol. The predicted molar refractivity (Wildman–Crippen MR) is 60.8 cm³/mol. The van der Waals surface area contributed by atoms with Gasteiger partial charge in [-0.15, -0.1) is 0 Å². The van der Waals surface area contributed by atoms with Crippen LogP contribution in [0.1, 0.15) is 17.8 Å².